The van der Waals surface area contributed by atoms with E-state index in [1.165, 1.54) is 26.1 Å². The van der Waals surface area contributed by atoms with Crippen molar-refractivity contribution in [3.63, 3.8) is 0 Å². The lowest BCUT2D eigenvalue weighted by molar-refractivity contribution is -0.0483. The van der Waals surface area contributed by atoms with Crippen LogP contribution in [0.3, 0.4) is 0 Å². The Labute approximate surface area is 90.3 Å². The average molecular weight is 200 g/mol. The van der Waals surface area contributed by atoms with E-state index in [1.807, 2.05) is 27.7 Å². The lowest BCUT2D eigenvalue weighted by Gasteiger charge is -2.54. The first-order valence-electron chi connectivity index (χ1n) is 6.25. The molecule has 0 aromatic rings. The molecule has 2 nitrogen and oxygen atoms in total. The number of rotatable bonds is 1. The van der Waals surface area contributed by atoms with E-state index in [2.05, 4.69) is 23.8 Å². The molecule has 3 fully saturated rings. The second-order valence-electron chi connectivity index (χ2n) is 3.56. The van der Waals surface area contributed by atoms with Crippen molar-refractivity contribution in [3.8, 4) is 0 Å². The van der Waals surface area contributed by atoms with Crippen LogP contribution in [0.5, 0.6) is 0 Å². The van der Waals surface area contributed by atoms with Crippen LogP contribution in [0, 0.1) is 0 Å². The van der Waals surface area contributed by atoms with Crippen LogP contribution in [0.1, 0.15) is 41.0 Å². The highest BCUT2D eigenvalue weighted by molar-refractivity contribution is 4.98. The van der Waals surface area contributed by atoms with Crippen LogP contribution < -0.4 is 0 Å². The first kappa shape index (κ1) is 13.9. The summed E-state index contributed by atoms with van der Waals surface area (Å²) in [5.74, 6) is 0. The van der Waals surface area contributed by atoms with Crippen LogP contribution in [0.25, 0.3) is 0 Å². The molecular weight excluding hydrogens is 172 g/mol. The molecule has 2 unspecified atom stereocenters. The third-order valence-corrected chi connectivity index (χ3v) is 3.08. The van der Waals surface area contributed by atoms with E-state index < -0.39 is 0 Å². The number of hydrogen-bond acceptors (Lipinski definition) is 2. The smallest absolute Gasteiger partial charge is 0.0238 e. The maximum absolute atomic E-state index is 2.55. The zero-order chi connectivity index (χ0) is 11.1. The highest BCUT2D eigenvalue weighted by Crippen LogP contribution is 2.29. The van der Waals surface area contributed by atoms with Crippen LogP contribution in [0.15, 0.2) is 0 Å². The number of piperidine rings is 1. The zero-order valence-electron chi connectivity index (χ0n) is 10.9. The average Bonchev–Trinajstić information content (AvgIpc) is 2.33. The van der Waals surface area contributed by atoms with Crippen LogP contribution in [-0.2, 0) is 0 Å². The quantitative estimate of drug-likeness (QED) is 0.641. The van der Waals surface area contributed by atoms with E-state index in [0.717, 1.165) is 12.1 Å². The summed E-state index contributed by atoms with van der Waals surface area (Å²) in [4.78, 5) is 5.07. The Kier molecular flexibility index (Phi) is 7.20. The molecule has 0 spiro atoms. The van der Waals surface area contributed by atoms with Crippen molar-refractivity contribution >= 4 is 0 Å². The van der Waals surface area contributed by atoms with Crippen molar-refractivity contribution in [2.24, 2.45) is 0 Å². The molecule has 0 aliphatic carbocycles. The van der Waals surface area contributed by atoms with E-state index >= 15 is 0 Å². The molecule has 0 aromatic carbocycles. The normalized spacial score (nSPS) is 30.4. The molecule has 3 heterocycles. The maximum Gasteiger partial charge on any atom is 0.0238 e. The summed E-state index contributed by atoms with van der Waals surface area (Å²) in [6, 6.07) is 1.78. The first-order chi connectivity index (χ1) is 6.81. The van der Waals surface area contributed by atoms with Crippen molar-refractivity contribution in [3.05, 3.63) is 0 Å². The van der Waals surface area contributed by atoms with Gasteiger partial charge in [0.25, 0.3) is 0 Å². The molecule has 0 radical (unpaired) electrons. The molecule has 2 heteroatoms. The topological polar surface area (TPSA) is 6.48 Å². The van der Waals surface area contributed by atoms with Gasteiger partial charge in [-0.25, -0.2) is 0 Å². The summed E-state index contributed by atoms with van der Waals surface area (Å²) in [7, 11) is 2.26. The molecule has 14 heavy (non-hydrogen) atoms. The Bertz CT molecular complexity index is 124. The fourth-order valence-electron chi connectivity index (χ4n) is 2.14. The minimum absolute atomic E-state index is 0.888. The number of likely N-dealkylation sites (N-methyl/N-ethyl adjacent to an activating group) is 2. The van der Waals surface area contributed by atoms with Crippen molar-refractivity contribution in [2.45, 2.75) is 53.1 Å². The van der Waals surface area contributed by atoms with Gasteiger partial charge in [0.2, 0.25) is 0 Å². The van der Waals surface area contributed by atoms with Gasteiger partial charge in [0.15, 0.2) is 0 Å². The fraction of sp³-hybridized carbons (Fsp3) is 1.00. The highest BCUT2D eigenvalue weighted by Gasteiger charge is 2.41. The largest absolute Gasteiger partial charge is 0.301 e. The molecular formula is C12H28N2. The molecule has 3 aliphatic rings. The second-order valence-corrected chi connectivity index (χ2v) is 3.56. The minimum atomic E-state index is 0.888. The van der Waals surface area contributed by atoms with Crippen LogP contribution in [-0.4, -0.2) is 48.6 Å². The molecule has 2 atom stereocenters. The second kappa shape index (κ2) is 7.24. The Hall–Kier alpha value is -0.0800. The zero-order valence-corrected chi connectivity index (χ0v) is 10.9. The Morgan fingerprint density at radius 3 is 1.71 bits per heavy atom. The van der Waals surface area contributed by atoms with Crippen LogP contribution >= 0.6 is 0 Å². The minimum Gasteiger partial charge on any atom is -0.301 e. The van der Waals surface area contributed by atoms with Gasteiger partial charge in [0.05, 0.1) is 0 Å². The monoisotopic (exact) mass is 200 g/mol. The van der Waals surface area contributed by atoms with Gasteiger partial charge in [-0.15, -0.1) is 0 Å². The number of nitrogens with zero attached hydrogens (tertiary/aromatic N) is 2. The van der Waals surface area contributed by atoms with E-state index in [-0.39, 0.29) is 0 Å². The van der Waals surface area contributed by atoms with Crippen molar-refractivity contribution in [1.82, 2.24) is 9.80 Å². The van der Waals surface area contributed by atoms with Crippen molar-refractivity contribution in [1.29, 1.82) is 0 Å². The molecule has 0 amide bonds. The SMILES string of the molecule is CC.CC.CCN1CC2CC(C1)N2C. The van der Waals surface area contributed by atoms with Crippen molar-refractivity contribution < 1.29 is 0 Å². The number of fused-ring (bicyclic) bond motifs is 2. The Balaban J connectivity index is 0.000000379. The predicted octanol–water partition coefficient (Wildman–Crippen LogP) is 2.45. The third-order valence-electron chi connectivity index (χ3n) is 3.08. The van der Waals surface area contributed by atoms with E-state index in [0.29, 0.717) is 0 Å². The summed E-state index contributed by atoms with van der Waals surface area (Å²) >= 11 is 0. The molecule has 3 saturated heterocycles. The van der Waals surface area contributed by atoms with Gasteiger partial charge in [0, 0.05) is 25.2 Å². The van der Waals surface area contributed by atoms with Gasteiger partial charge in [-0.05, 0) is 20.0 Å². The Morgan fingerprint density at radius 1 is 1.00 bits per heavy atom. The lowest BCUT2D eigenvalue weighted by atomic mass is 9.88. The van der Waals surface area contributed by atoms with E-state index in [4.69, 9.17) is 0 Å². The number of piperazine rings is 1. The van der Waals surface area contributed by atoms with Gasteiger partial charge in [0.1, 0.15) is 0 Å². The Morgan fingerprint density at radius 2 is 1.43 bits per heavy atom. The molecule has 3 rings (SSSR count). The third kappa shape index (κ3) is 2.96. The predicted molar refractivity (Wildman–Crippen MR) is 64.8 cm³/mol. The lowest BCUT2D eigenvalue weighted by Crippen LogP contribution is -2.66. The highest BCUT2D eigenvalue weighted by atomic mass is 15.3. The van der Waals surface area contributed by atoms with Gasteiger partial charge in [-0.2, -0.15) is 0 Å². The van der Waals surface area contributed by atoms with Gasteiger partial charge >= 0.3 is 0 Å². The summed E-state index contributed by atoms with van der Waals surface area (Å²) in [6.07, 6.45) is 1.45. The molecule has 2 bridgehead atoms. The van der Waals surface area contributed by atoms with Gasteiger partial charge in [-0.1, -0.05) is 34.6 Å². The first-order valence-corrected chi connectivity index (χ1v) is 6.25. The van der Waals surface area contributed by atoms with Crippen LogP contribution in [0.2, 0.25) is 0 Å². The summed E-state index contributed by atoms with van der Waals surface area (Å²) in [6.45, 7) is 14.1. The van der Waals surface area contributed by atoms with E-state index in [1.54, 1.807) is 0 Å². The molecule has 0 N–H and O–H groups in total. The molecule has 0 aromatic heterocycles. The number of hydrogen-bond donors (Lipinski definition) is 0. The molecule has 86 valence electrons. The van der Waals surface area contributed by atoms with Crippen LogP contribution in [0.4, 0.5) is 0 Å². The summed E-state index contributed by atoms with van der Waals surface area (Å²) in [5.41, 5.74) is 0. The van der Waals surface area contributed by atoms with E-state index in [9.17, 15) is 0 Å². The van der Waals surface area contributed by atoms with Gasteiger partial charge < -0.3 is 4.90 Å². The molecule has 0 saturated carbocycles. The summed E-state index contributed by atoms with van der Waals surface area (Å²) < 4.78 is 0. The maximum atomic E-state index is 2.55. The standard InChI is InChI=1S/C8H16N2.2C2H6/c1-3-10-5-7-4-8(6-10)9(7)2;2*1-2/h7-8H,3-6H2,1-2H3;2*1-2H3. The fourth-order valence-corrected chi connectivity index (χ4v) is 2.14. The molecule has 3 aliphatic heterocycles. The van der Waals surface area contributed by atoms with Gasteiger partial charge in [-0.3, -0.25) is 4.90 Å². The summed E-state index contributed by atoms with van der Waals surface area (Å²) in [5, 5.41) is 0. The van der Waals surface area contributed by atoms with Crippen molar-refractivity contribution in [2.75, 3.05) is 26.7 Å².